The molecule has 0 aromatic carbocycles. The lowest BCUT2D eigenvalue weighted by Crippen LogP contribution is -2.53. The van der Waals surface area contributed by atoms with E-state index in [1.165, 1.54) is 0 Å². The van der Waals surface area contributed by atoms with Gasteiger partial charge in [0.15, 0.2) is 0 Å². The molecule has 0 atom stereocenters. The molecule has 0 radical (unpaired) electrons. The second-order valence-electron chi connectivity index (χ2n) is 3.59. The fourth-order valence-electron chi connectivity index (χ4n) is 1.18. The van der Waals surface area contributed by atoms with E-state index in [2.05, 4.69) is 5.32 Å². The Labute approximate surface area is 90.4 Å². The van der Waals surface area contributed by atoms with Gasteiger partial charge in [0, 0.05) is 20.1 Å². The topological polar surface area (TPSA) is 78.8 Å². The molecule has 0 aromatic heterocycles. The number of nitrogens with one attached hydrogen (secondary N) is 1. The number of aliphatic hydroxyl groups is 2. The quantitative estimate of drug-likeness (QED) is 0.488. The van der Waals surface area contributed by atoms with Crippen LogP contribution in [0.15, 0.2) is 0 Å². The Hall–Kier alpha value is -0.650. The van der Waals surface area contributed by atoms with Crippen molar-refractivity contribution in [1.29, 1.82) is 0 Å². The Kier molecular flexibility index (Phi) is 7.29. The predicted molar refractivity (Wildman–Crippen MR) is 56.4 cm³/mol. The van der Waals surface area contributed by atoms with Gasteiger partial charge in [0.25, 0.3) is 0 Å². The average molecular weight is 219 g/mol. The van der Waals surface area contributed by atoms with E-state index in [0.717, 1.165) is 0 Å². The van der Waals surface area contributed by atoms with Crippen molar-refractivity contribution in [2.75, 3.05) is 26.9 Å². The minimum atomic E-state index is -0.885. The lowest BCUT2D eigenvalue weighted by molar-refractivity contribution is -0.124. The largest absolute Gasteiger partial charge is 0.394 e. The van der Waals surface area contributed by atoms with Gasteiger partial charge >= 0.3 is 0 Å². The lowest BCUT2D eigenvalue weighted by Gasteiger charge is -2.29. The van der Waals surface area contributed by atoms with Crippen molar-refractivity contribution >= 4 is 5.91 Å². The SMILES string of the molecule is CCC(CO)(CO)NC(=O)CCCOC. The second-order valence-corrected chi connectivity index (χ2v) is 3.59. The molecule has 0 rings (SSSR count). The molecule has 5 nitrogen and oxygen atoms in total. The van der Waals surface area contributed by atoms with Crippen LogP contribution in [0.2, 0.25) is 0 Å². The summed E-state index contributed by atoms with van der Waals surface area (Å²) >= 11 is 0. The van der Waals surface area contributed by atoms with E-state index in [9.17, 15) is 4.79 Å². The van der Waals surface area contributed by atoms with Crippen molar-refractivity contribution in [1.82, 2.24) is 5.32 Å². The summed E-state index contributed by atoms with van der Waals surface area (Å²) in [5.74, 6) is -0.169. The fraction of sp³-hybridized carbons (Fsp3) is 0.900. The van der Waals surface area contributed by atoms with Crippen LogP contribution in [0.3, 0.4) is 0 Å². The van der Waals surface area contributed by atoms with Gasteiger partial charge in [-0.2, -0.15) is 0 Å². The van der Waals surface area contributed by atoms with E-state index in [1.54, 1.807) is 7.11 Å². The molecular formula is C10H21NO4. The summed E-state index contributed by atoms with van der Waals surface area (Å²) in [5, 5.41) is 20.8. The maximum atomic E-state index is 11.4. The van der Waals surface area contributed by atoms with E-state index in [4.69, 9.17) is 14.9 Å². The molecule has 0 aliphatic carbocycles. The van der Waals surface area contributed by atoms with Crippen molar-refractivity contribution in [3.05, 3.63) is 0 Å². The number of carbonyl (C=O) groups is 1. The number of hydrogen-bond acceptors (Lipinski definition) is 4. The van der Waals surface area contributed by atoms with E-state index < -0.39 is 5.54 Å². The molecule has 1 amide bonds. The fourth-order valence-corrected chi connectivity index (χ4v) is 1.18. The summed E-state index contributed by atoms with van der Waals surface area (Å²) in [4.78, 5) is 11.4. The molecule has 15 heavy (non-hydrogen) atoms. The summed E-state index contributed by atoms with van der Waals surface area (Å²) in [6.45, 7) is 1.83. The Morgan fingerprint density at radius 3 is 2.40 bits per heavy atom. The number of carbonyl (C=O) groups excluding carboxylic acids is 1. The van der Waals surface area contributed by atoms with Crippen LogP contribution in [0.4, 0.5) is 0 Å². The minimum Gasteiger partial charge on any atom is -0.394 e. The first-order valence-electron chi connectivity index (χ1n) is 5.15. The van der Waals surface area contributed by atoms with E-state index in [0.29, 0.717) is 25.9 Å². The van der Waals surface area contributed by atoms with Crippen molar-refractivity contribution in [2.24, 2.45) is 0 Å². The first-order chi connectivity index (χ1) is 7.14. The zero-order valence-electron chi connectivity index (χ0n) is 9.45. The summed E-state index contributed by atoms with van der Waals surface area (Å²) < 4.78 is 4.82. The maximum absolute atomic E-state index is 11.4. The van der Waals surface area contributed by atoms with Crippen LogP contribution >= 0.6 is 0 Å². The molecule has 0 heterocycles. The molecule has 0 saturated carbocycles. The average Bonchev–Trinajstić information content (AvgIpc) is 2.26. The van der Waals surface area contributed by atoms with Gasteiger partial charge in [-0.25, -0.2) is 0 Å². The molecule has 0 saturated heterocycles. The number of aliphatic hydroxyl groups excluding tert-OH is 2. The minimum absolute atomic E-state index is 0.169. The summed E-state index contributed by atoms with van der Waals surface area (Å²) in [6, 6.07) is 0. The number of methoxy groups -OCH3 is 1. The van der Waals surface area contributed by atoms with Gasteiger partial charge in [-0.1, -0.05) is 6.92 Å². The van der Waals surface area contributed by atoms with Crippen LogP contribution in [0, 0.1) is 0 Å². The highest BCUT2D eigenvalue weighted by atomic mass is 16.5. The third-order valence-electron chi connectivity index (χ3n) is 2.44. The highest BCUT2D eigenvalue weighted by molar-refractivity contribution is 5.76. The predicted octanol–water partition coefficient (Wildman–Crippen LogP) is -0.337. The third-order valence-corrected chi connectivity index (χ3v) is 2.44. The molecule has 5 heteroatoms. The van der Waals surface area contributed by atoms with Crippen LogP contribution in [0.25, 0.3) is 0 Å². The number of amides is 1. The van der Waals surface area contributed by atoms with Gasteiger partial charge in [-0.15, -0.1) is 0 Å². The molecule has 0 fully saturated rings. The standard InChI is InChI=1S/C10H21NO4/c1-3-10(7-12,8-13)11-9(14)5-4-6-15-2/h12-13H,3-8H2,1-2H3,(H,11,14). The maximum Gasteiger partial charge on any atom is 0.220 e. The van der Waals surface area contributed by atoms with Crippen LogP contribution in [0.5, 0.6) is 0 Å². The van der Waals surface area contributed by atoms with E-state index in [-0.39, 0.29) is 19.1 Å². The van der Waals surface area contributed by atoms with Crippen LogP contribution < -0.4 is 5.32 Å². The van der Waals surface area contributed by atoms with Gasteiger partial charge in [0.2, 0.25) is 5.91 Å². The smallest absolute Gasteiger partial charge is 0.220 e. The lowest BCUT2D eigenvalue weighted by atomic mass is 9.98. The molecule has 90 valence electrons. The zero-order valence-corrected chi connectivity index (χ0v) is 9.45. The molecule has 0 aromatic rings. The first kappa shape index (κ1) is 14.3. The Morgan fingerprint density at radius 2 is 2.00 bits per heavy atom. The van der Waals surface area contributed by atoms with Crippen molar-refractivity contribution in [3.63, 3.8) is 0 Å². The highest BCUT2D eigenvalue weighted by Gasteiger charge is 2.27. The van der Waals surface area contributed by atoms with Gasteiger partial charge in [0.05, 0.1) is 18.8 Å². The molecule has 0 aliphatic rings. The van der Waals surface area contributed by atoms with Crippen molar-refractivity contribution < 1.29 is 19.7 Å². The molecule has 0 aliphatic heterocycles. The monoisotopic (exact) mass is 219 g/mol. The molecule has 0 spiro atoms. The van der Waals surface area contributed by atoms with Crippen molar-refractivity contribution in [3.8, 4) is 0 Å². The molecule has 0 unspecified atom stereocenters. The Balaban J connectivity index is 4.00. The number of hydrogen-bond donors (Lipinski definition) is 3. The zero-order chi connectivity index (χ0) is 11.7. The van der Waals surface area contributed by atoms with Gasteiger partial charge < -0.3 is 20.3 Å². The summed E-state index contributed by atoms with van der Waals surface area (Å²) in [7, 11) is 1.58. The normalized spacial score (nSPS) is 11.5. The van der Waals surface area contributed by atoms with Crippen LogP contribution in [-0.2, 0) is 9.53 Å². The number of rotatable bonds is 8. The number of ether oxygens (including phenoxy) is 1. The van der Waals surface area contributed by atoms with Crippen LogP contribution in [-0.4, -0.2) is 48.6 Å². The summed E-state index contributed by atoms with van der Waals surface area (Å²) in [5.41, 5.74) is -0.885. The second kappa shape index (κ2) is 7.62. The Morgan fingerprint density at radius 1 is 1.40 bits per heavy atom. The Bertz CT molecular complexity index is 172. The molecule has 0 bridgehead atoms. The van der Waals surface area contributed by atoms with Gasteiger partial charge in [-0.05, 0) is 12.8 Å². The van der Waals surface area contributed by atoms with E-state index >= 15 is 0 Å². The molecule has 3 N–H and O–H groups in total. The van der Waals surface area contributed by atoms with Crippen molar-refractivity contribution in [2.45, 2.75) is 31.7 Å². The summed E-state index contributed by atoms with van der Waals surface area (Å²) in [6.07, 6.45) is 1.48. The first-order valence-corrected chi connectivity index (χ1v) is 5.15. The highest BCUT2D eigenvalue weighted by Crippen LogP contribution is 2.08. The van der Waals surface area contributed by atoms with Gasteiger partial charge in [-0.3, -0.25) is 4.79 Å². The van der Waals surface area contributed by atoms with Crippen LogP contribution in [0.1, 0.15) is 26.2 Å². The third kappa shape index (κ3) is 5.11. The molecular weight excluding hydrogens is 198 g/mol. The van der Waals surface area contributed by atoms with Gasteiger partial charge in [0.1, 0.15) is 0 Å². The van der Waals surface area contributed by atoms with E-state index in [1.807, 2.05) is 6.92 Å².